The van der Waals surface area contributed by atoms with E-state index in [-0.39, 0.29) is 47.8 Å². The van der Waals surface area contributed by atoms with Gasteiger partial charge < -0.3 is 10.4 Å². The maximum absolute atomic E-state index is 12.9. The highest BCUT2D eigenvalue weighted by atomic mass is 16.3. The van der Waals surface area contributed by atoms with Crippen LogP contribution < -0.4 is 5.32 Å². The number of allylic oxidation sites excluding steroid dienone is 2. The predicted octanol–water partition coefficient (Wildman–Crippen LogP) is 2.37. The number of nitrogens with one attached hydrogen (secondary N) is 1. The van der Waals surface area contributed by atoms with E-state index in [1.807, 2.05) is 26.0 Å². The van der Waals surface area contributed by atoms with Crippen molar-refractivity contribution >= 4 is 17.7 Å². The van der Waals surface area contributed by atoms with Crippen LogP contribution in [0.3, 0.4) is 0 Å². The first-order valence-electron chi connectivity index (χ1n) is 9.46. The number of fused-ring (bicyclic) bond motifs is 1. The van der Waals surface area contributed by atoms with Crippen molar-refractivity contribution in [3.8, 4) is 5.75 Å². The molecule has 1 heterocycles. The average Bonchev–Trinajstić information content (AvgIpc) is 2.89. The zero-order valence-corrected chi connectivity index (χ0v) is 15.7. The number of aromatic hydroxyl groups is 1. The molecule has 1 aliphatic heterocycles. The van der Waals surface area contributed by atoms with Crippen LogP contribution in [0.1, 0.15) is 38.7 Å². The number of amides is 3. The van der Waals surface area contributed by atoms with Crippen molar-refractivity contribution in [1.29, 1.82) is 0 Å². The van der Waals surface area contributed by atoms with Crippen LogP contribution in [0.5, 0.6) is 5.75 Å². The fourth-order valence-corrected chi connectivity index (χ4v) is 3.88. The van der Waals surface area contributed by atoms with E-state index < -0.39 is 6.04 Å². The normalized spacial score (nSPS) is 22.9. The minimum atomic E-state index is -0.798. The number of benzene rings is 1. The van der Waals surface area contributed by atoms with Gasteiger partial charge in [0.1, 0.15) is 11.8 Å². The Balaban J connectivity index is 1.76. The molecule has 1 saturated heterocycles. The molecule has 0 bridgehead atoms. The van der Waals surface area contributed by atoms with Crippen LogP contribution in [-0.2, 0) is 20.9 Å². The lowest BCUT2D eigenvalue weighted by molar-refractivity contribution is -0.148. The maximum atomic E-state index is 12.9. The van der Waals surface area contributed by atoms with Gasteiger partial charge in [0.15, 0.2) is 0 Å². The third kappa shape index (κ3) is 4.04. The Morgan fingerprint density at radius 1 is 1.19 bits per heavy atom. The molecule has 0 unspecified atom stereocenters. The molecule has 0 radical (unpaired) electrons. The quantitative estimate of drug-likeness (QED) is 0.595. The van der Waals surface area contributed by atoms with Crippen molar-refractivity contribution in [2.75, 3.05) is 0 Å². The second-order valence-electron chi connectivity index (χ2n) is 7.74. The Bertz CT molecular complexity index is 745. The number of likely N-dealkylation sites (tertiary alicyclic amines) is 1. The maximum Gasteiger partial charge on any atom is 0.243 e. The molecule has 1 fully saturated rings. The van der Waals surface area contributed by atoms with E-state index in [4.69, 9.17) is 0 Å². The van der Waals surface area contributed by atoms with E-state index in [1.165, 1.54) is 4.90 Å². The first-order chi connectivity index (χ1) is 12.9. The first-order valence-corrected chi connectivity index (χ1v) is 9.46. The van der Waals surface area contributed by atoms with Gasteiger partial charge in [0.2, 0.25) is 17.7 Å². The molecule has 6 heteroatoms. The number of imide groups is 1. The van der Waals surface area contributed by atoms with E-state index in [9.17, 15) is 19.5 Å². The number of phenols is 1. The molecule has 27 heavy (non-hydrogen) atoms. The van der Waals surface area contributed by atoms with E-state index in [0.717, 1.165) is 5.56 Å². The Morgan fingerprint density at radius 2 is 1.81 bits per heavy atom. The molecule has 0 saturated carbocycles. The summed E-state index contributed by atoms with van der Waals surface area (Å²) in [7, 11) is 0. The second-order valence-corrected chi connectivity index (χ2v) is 7.74. The molecule has 1 aromatic carbocycles. The molecular formula is C21H26N2O4. The number of carbonyl (C=O) groups excluding carboxylic acids is 3. The molecule has 3 atom stereocenters. The SMILES string of the molecule is CC(C)C[C@H](C(=O)NCc1cccc(O)c1)N1C(=O)[C@H]2CC=CC[C@@H]2C1=O. The van der Waals surface area contributed by atoms with E-state index in [2.05, 4.69) is 5.32 Å². The highest BCUT2D eigenvalue weighted by Gasteiger charge is 2.51. The molecule has 0 aromatic heterocycles. The molecular weight excluding hydrogens is 344 g/mol. The molecule has 6 nitrogen and oxygen atoms in total. The summed E-state index contributed by atoms with van der Waals surface area (Å²) in [6.45, 7) is 4.16. The molecule has 1 aliphatic carbocycles. The summed E-state index contributed by atoms with van der Waals surface area (Å²) in [5, 5.41) is 12.4. The molecule has 3 amide bonds. The zero-order chi connectivity index (χ0) is 19.6. The molecule has 0 spiro atoms. The smallest absolute Gasteiger partial charge is 0.243 e. The molecule has 2 aliphatic rings. The molecule has 3 rings (SSSR count). The van der Waals surface area contributed by atoms with E-state index in [0.29, 0.717) is 19.3 Å². The number of carbonyl (C=O) groups is 3. The van der Waals surface area contributed by atoms with Crippen molar-refractivity contribution in [1.82, 2.24) is 10.2 Å². The number of rotatable bonds is 6. The van der Waals surface area contributed by atoms with Crippen LogP contribution in [0.25, 0.3) is 0 Å². The minimum absolute atomic E-state index is 0.127. The van der Waals surface area contributed by atoms with Gasteiger partial charge in [-0.15, -0.1) is 0 Å². The Labute approximate surface area is 159 Å². The monoisotopic (exact) mass is 370 g/mol. The van der Waals surface area contributed by atoms with Crippen molar-refractivity contribution < 1.29 is 19.5 Å². The highest BCUT2D eigenvalue weighted by molar-refractivity contribution is 6.08. The summed E-state index contributed by atoms with van der Waals surface area (Å²) in [5.74, 6) is -1.18. The molecule has 144 valence electrons. The van der Waals surface area contributed by atoms with E-state index >= 15 is 0 Å². The van der Waals surface area contributed by atoms with Gasteiger partial charge in [-0.05, 0) is 42.9 Å². The number of nitrogens with zero attached hydrogens (tertiary/aromatic N) is 1. The van der Waals surface area contributed by atoms with Crippen LogP contribution in [0.2, 0.25) is 0 Å². The van der Waals surface area contributed by atoms with Gasteiger partial charge in [0, 0.05) is 6.54 Å². The molecule has 2 N–H and O–H groups in total. The summed E-state index contributed by atoms with van der Waals surface area (Å²) in [6.07, 6.45) is 5.43. The number of phenolic OH excluding ortho intramolecular Hbond substituents is 1. The lowest BCUT2D eigenvalue weighted by Crippen LogP contribution is -2.50. The number of hydrogen-bond donors (Lipinski definition) is 2. The molecule has 1 aromatic rings. The van der Waals surface area contributed by atoms with Crippen molar-refractivity contribution in [3.05, 3.63) is 42.0 Å². The van der Waals surface area contributed by atoms with Crippen molar-refractivity contribution in [2.45, 2.75) is 45.7 Å². The predicted molar refractivity (Wildman–Crippen MR) is 100 cm³/mol. The summed E-state index contributed by atoms with van der Waals surface area (Å²) in [6, 6.07) is 5.83. The van der Waals surface area contributed by atoms with Crippen LogP contribution >= 0.6 is 0 Å². The Hall–Kier alpha value is -2.63. The largest absolute Gasteiger partial charge is 0.508 e. The van der Waals surface area contributed by atoms with Gasteiger partial charge in [-0.1, -0.05) is 38.1 Å². The van der Waals surface area contributed by atoms with Gasteiger partial charge in [0.05, 0.1) is 11.8 Å². The fraction of sp³-hybridized carbons (Fsp3) is 0.476. The third-order valence-electron chi connectivity index (χ3n) is 5.23. The van der Waals surface area contributed by atoms with Gasteiger partial charge in [-0.25, -0.2) is 0 Å². The summed E-state index contributed by atoms with van der Waals surface area (Å²) in [4.78, 5) is 39.8. The van der Waals surface area contributed by atoms with Crippen LogP contribution in [0.4, 0.5) is 0 Å². The fourth-order valence-electron chi connectivity index (χ4n) is 3.88. The Kier molecular flexibility index (Phi) is 5.63. The van der Waals surface area contributed by atoms with Gasteiger partial charge >= 0.3 is 0 Å². The topological polar surface area (TPSA) is 86.7 Å². The lowest BCUT2D eigenvalue weighted by atomic mass is 9.85. The summed E-state index contributed by atoms with van der Waals surface area (Å²) < 4.78 is 0. The van der Waals surface area contributed by atoms with Crippen LogP contribution in [0.15, 0.2) is 36.4 Å². The van der Waals surface area contributed by atoms with Gasteiger partial charge in [-0.3, -0.25) is 19.3 Å². The van der Waals surface area contributed by atoms with E-state index in [1.54, 1.807) is 24.3 Å². The zero-order valence-electron chi connectivity index (χ0n) is 15.7. The Morgan fingerprint density at radius 3 is 2.37 bits per heavy atom. The van der Waals surface area contributed by atoms with Gasteiger partial charge in [-0.2, -0.15) is 0 Å². The number of hydrogen-bond acceptors (Lipinski definition) is 4. The standard InChI is InChI=1S/C21H26N2O4/c1-13(2)10-18(19(25)22-12-14-6-5-7-15(24)11-14)23-20(26)16-8-3-4-9-17(16)21(23)27/h3-7,11,13,16-18,24H,8-10,12H2,1-2H3,(H,22,25)/t16-,17-,18+/m0/s1. The summed E-state index contributed by atoms with van der Waals surface area (Å²) >= 11 is 0. The first kappa shape index (κ1) is 19.1. The minimum Gasteiger partial charge on any atom is -0.508 e. The second kappa shape index (κ2) is 7.94. The lowest BCUT2D eigenvalue weighted by Gasteiger charge is -2.27. The highest BCUT2D eigenvalue weighted by Crippen LogP contribution is 2.37. The summed E-state index contributed by atoms with van der Waals surface area (Å²) in [5.41, 5.74) is 0.753. The van der Waals surface area contributed by atoms with Gasteiger partial charge in [0.25, 0.3) is 0 Å². The van der Waals surface area contributed by atoms with Crippen molar-refractivity contribution in [3.63, 3.8) is 0 Å². The third-order valence-corrected chi connectivity index (χ3v) is 5.23. The van der Waals surface area contributed by atoms with Crippen LogP contribution in [0, 0.1) is 17.8 Å². The van der Waals surface area contributed by atoms with Crippen molar-refractivity contribution in [2.24, 2.45) is 17.8 Å². The average molecular weight is 370 g/mol. The van der Waals surface area contributed by atoms with Crippen LogP contribution in [-0.4, -0.2) is 33.8 Å².